The zero-order valence-electron chi connectivity index (χ0n) is 11.8. The van der Waals surface area contributed by atoms with Crippen LogP contribution in [0.25, 0.3) is 0 Å². The van der Waals surface area contributed by atoms with Gasteiger partial charge in [-0.05, 0) is 48.4 Å². The molecule has 106 valence electrons. The largest absolute Gasteiger partial charge is 0.312 e. The van der Waals surface area contributed by atoms with Crippen molar-refractivity contribution in [1.29, 1.82) is 0 Å². The average molecular weight is 307 g/mol. The third-order valence-electron chi connectivity index (χ3n) is 2.75. The summed E-state index contributed by atoms with van der Waals surface area (Å²) in [6.45, 7) is 6.28. The summed E-state index contributed by atoms with van der Waals surface area (Å²) in [4.78, 5) is 5.64. The third kappa shape index (κ3) is 4.82. The van der Waals surface area contributed by atoms with Crippen molar-refractivity contribution in [3.8, 4) is 0 Å². The van der Waals surface area contributed by atoms with Crippen molar-refractivity contribution < 1.29 is 0 Å². The lowest BCUT2D eigenvalue weighted by molar-refractivity contribution is 0.549. The highest BCUT2D eigenvalue weighted by atomic mass is 35.5. The Morgan fingerprint density at radius 3 is 2.65 bits per heavy atom. The van der Waals surface area contributed by atoms with E-state index >= 15 is 0 Å². The summed E-state index contributed by atoms with van der Waals surface area (Å²) in [6, 6.07) is 12.0. The van der Waals surface area contributed by atoms with Crippen LogP contribution < -0.4 is 5.32 Å². The van der Waals surface area contributed by atoms with Crippen LogP contribution in [-0.2, 0) is 6.54 Å². The van der Waals surface area contributed by atoms with E-state index < -0.39 is 0 Å². The molecule has 2 aromatic rings. The fourth-order valence-electron chi connectivity index (χ4n) is 1.76. The van der Waals surface area contributed by atoms with E-state index in [1.807, 2.05) is 36.5 Å². The Kier molecular flexibility index (Phi) is 5.89. The minimum Gasteiger partial charge on any atom is -0.312 e. The number of aromatic nitrogens is 1. The molecule has 0 unspecified atom stereocenters. The molecule has 20 heavy (non-hydrogen) atoms. The summed E-state index contributed by atoms with van der Waals surface area (Å²) >= 11 is 7.58. The Morgan fingerprint density at radius 1 is 1.20 bits per heavy atom. The highest BCUT2D eigenvalue weighted by Gasteiger charge is 2.06. The lowest BCUT2D eigenvalue weighted by Crippen LogP contribution is -2.19. The maximum Gasteiger partial charge on any atom is 0.105 e. The first-order valence-corrected chi connectivity index (χ1v) is 7.92. The molecule has 0 bridgehead atoms. The van der Waals surface area contributed by atoms with E-state index in [1.165, 1.54) is 5.56 Å². The summed E-state index contributed by atoms with van der Waals surface area (Å²) in [5.74, 6) is 0.652. The number of hydrogen-bond donors (Lipinski definition) is 1. The van der Waals surface area contributed by atoms with Crippen molar-refractivity contribution in [3.05, 3.63) is 53.2 Å². The van der Waals surface area contributed by atoms with Crippen LogP contribution in [0.4, 0.5) is 0 Å². The number of benzene rings is 1. The van der Waals surface area contributed by atoms with Gasteiger partial charge in [0.25, 0.3) is 0 Å². The molecule has 0 aliphatic carbocycles. The standard InChI is InChI=1S/C16H19ClN2S/c1-12(2)10-18-11-13-4-3-9-19-16(13)20-15-7-5-14(17)6-8-15/h3-9,12,18H,10-11H2,1-2H3. The predicted octanol–water partition coefficient (Wildman–Crippen LogP) is 4.63. The van der Waals surface area contributed by atoms with Crippen molar-refractivity contribution in [3.63, 3.8) is 0 Å². The molecule has 0 atom stereocenters. The molecule has 1 aromatic carbocycles. The van der Waals surface area contributed by atoms with Crippen LogP contribution in [0.3, 0.4) is 0 Å². The van der Waals surface area contributed by atoms with Crippen molar-refractivity contribution in [1.82, 2.24) is 10.3 Å². The first-order chi connectivity index (χ1) is 9.65. The molecule has 0 saturated carbocycles. The van der Waals surface area contributed by atoms with Crippen molar-refractivity contribution >= 4 is 23.4 Å². The molecule has 0 aliphatic rings. The minimum absolute atomic E-state index is 0.652. The van der Waals surface area contributed by atoms with Gasteiger partial charge in [-0.1, -0.05) is 43.3 Å². The van der Waals surface area contributed by atoms with E-state index in [0.29, 0.717) is 5.92 Å². The lowest BCUT2D eigenvalue weighted by atomic mass is 10.2. The number of pyridine rings is 1. The van der Waals surface area contributed by atoms with Gasteiger partial charge in [0.15, 0.2) is 0 Å². The number of nitrogens with zero attached hydrogens (tertiary/aromatic N) is 1. The molecule has 2 rings (SSSR count). The van der Waals surface area contributed by atoms with Gasteiger partial charge in [0.05, 0.1) is 0 Å². The second kappa shape index (κ2) is 7.67. The molecule has 0 spiro atoms. The zero-order chi connectivity index (χ0) is 14.4. The van der Waals surface area contributed by atoms with E-state index in [9.17, 15) is 0 Å². The van der Waals surface area contributed by atoms with Crippen molar-refractivity contribution in [2.75, 3.05) is 6.54 Å². The first kappa shape index (κ1) is 15.4. The summed E-state index contributed by atoms with van der Waals surface area (Å²) < 4.78 is 0. The quantitative estimate of drug-likeness (QED) is 0.842. The smallest absolute Gasteiger partial charge is 0.105 e. The van der Waals surface area contributed by atoms with E-state index in [-0.39, 0.29) is 0 Å². The highest BCUT2D eigenvalue weighted by Crippen LogP contribution is 2.29. The van der Waals surface area contributed by atoms with Crippen LogP contribution in [0.5, 0.6) is 0 Å². The first-order valence-electron chi connectivity index (χ1n) is 6.73. The van der Waals surface area contributed by atoms with Crippen LogP contribution >= 0.6 is 23.4 Å². The van der Waals surface area contributed by atoms with Gasteiger partial charge in [0.2, 0.25) is 0 Å². The lowest BCUT2D eigenvalue weighted by Gasteiger charge is -2.10. The molecular weight excluding hydrogens is 288 g/mol. The molecule has 0 fully saturated rings. The Morgan fingerprint density at radius 2 is 1.95 bits per heavy atom. The Labute approximate surface area is 130 Å². The van der Waals surface area contributed by atoms with Crippen molar-refractivity contribution in [2.24, 2.45) is 5.92 Å². The molecule has 4 heteroatoms. The monoisotopic (exact) mass is 306 g/mol. The fraction of sp³-hybridized carbons (Fsp3) is 0.312. The van der Waals surface area contributed by atoms with E-state index in [4.69, 9.17) is 11.6 Å². The SMILES string of the molecule is CC(C)CNCc1cccnc1Sc1ccc(Cl)cc1. The number of rotatable bonds is 6. The summed E-state index contributed by atoms with van der Waals surface area (Å²) in [7, 11) is 0. The normalized spacial score (nSPS) is 11.0. The average Bonchev–Trinajstić information content (AvgIpc) is 2.43. The van der Waals surface area contributed by atoms with Gasteiger partial charge in [-0.2, -0.15) is 0 Å². The summed E-state index contributed by atoms with van der Waals surface area (Å²) in [5.41, 5.74) is 1.23. The van der Waals surface area contributed by atoms with E-state index in [1.54, 1.807) is 11.8 Å². The van der Waals surface area contributed by atoms with Gasteiger partial charge in [0, 0.05) is 22.7 Å². The molecule has 1 aromatic heterocycles. The molecular formula is C16H19ClN2S. The maximum absolute atomic E-state index is 5.91. The third-order valence-corrected chi connectivity index (χ3v) is 4.07. The molecule has 0 aliphatic heterocycles. The van der Waals surface area contributed by atoms with Crippen molar-refractivity contribution in [2.45, 2.75) is 30.3 Å². The van der Waals surface area contributed by atoms with E-state index in [0.717, 1.165) is 28.0 Å². The molecule has 0 radical (unpaired) electrons. The van der Waals surface area contributed by atoms with Gasteiger partial charge in [-0.15, -0.1) is 0 Å². The highest BCUT2D eigenvalue weighted by molar-refractivity contribution is 7.99. The topological polar surface area (TPSA) is 24.9 Å². The fourth-order valence-corrected chi connectivity index (χ4v) is 2.77. The maximum atomic E-state index is 5.91. The molecule has 1 N–H and O–H groups in total. The number of hydrogen-bond acceptors (Lipinski definition) is 3. The van der Waals surface area contributed by atoms with Gasteiger partial charge in [-0.3, -0.25) is 0 Å². The van der Waals surface area contributed by atoms with Gasteiger partial charge >= 0.3 is 0 Å². The van der Waals surface area contributed by atoms with Crippen LogP contribution in [0, 0.1) is 5.92 Å². The summed E-state index contributed by atoms with van der Waals surface area (Å²) in [5, 5.41) is 5.27. The number of halogens is 1. The van der Waals surface area contributed by atoms with Crippen LogP contribution in [-0.4, -0.2) is 11.5 Å². The van der Waals surface area contributed by atoms with Crippen LogP contribution in [0.1, 0.15) is 19.4 Å². The van der Waals surface area contributed by atoms with Gasteiger partial charge in [-0.25, -0.2) is 4.98 Å². The molecule has 0 saturated heterocycles. The van der Waals surface area contributed by atoms with E-state index in [2.05, 4.69) is 30.2 Å². The molecule has 1 heterocycles. The second-order valence-corrected chi connectivity index (χ2v) is 6.55. The Bertz CT molecular complexity index is 540. The number of nitrogens with one attached hydrogen (secondary N) is 1. The minimum atomic E-state index is 0.652. The second-order valence-electron chi connectivity index (χ2n) is 5.05. The van der Waals surface area contributed by atoms with Crippen LogP contribution in [0.2, 0.25) is 5.02 Å². The zero-order valence-corrected chi connectivity index (χ0v) is 13.3. The summed E-state index contributed by atoms with van der Waals surface area (Å²) in [6.07, 6.45) is 1.84. The Hall–Kier alpha value is -1.03. The Balaban J connectivity index is 2.05. The van der Waals surface area contributed by atoms with Crippen LogP contribution in [0.15, 0.2) is 52.5 Å². The van der Waals surface area contributed by atoms with Gasteiger partial charge < -0.3 is 5.32 Å². The molecule has 0 amide bonds. The predicted molar refractivity (Wildman–Crippen MR) is 86.4 cm³/mol. The van der Waals surface area contributed by atoms with Gasteiger partial charge in [0.1, 0.15) is 5.03 Å². The molecule has 2 nitrogen and oxygen atoms in total.